The minimum Gasteiger partial charge on any atom is -0.493 e. The molecule has 1 aromatic carbocycles. The predicted octanol–water partition coefficient (Wildman–Crippen LogP) is 3.08. The first-order valence-corrected chi connectivity index (χ1v) is 6.82. The lowest BCUT2D eigenvalue weighted by Crippen LogP contribution is -2.02. The quantitative estimate of drug-likeness (QED) is 0.912. The van der Waals surface area contributed by atoms with Crippen LogP contribution in [0.25, 0.3) is 0 Å². The largest absolute Gasteiger partial charge is 0.493 e. The number of carboxylic acids is 1. The highest BCUT2D eigenvalue weighted by Gasteiger charge is 2.08. The van der Waals surface area contributed by atoms with Crippen molar-refractivity contribution in [2.75, 3.05) is 6.61 Å². The minimum absolute atomic E-state index is 0.103. The summed E-state index contributed by atoms with van der Waals surface area (Å²) >= 11 is 1.35. The van der Waals surface area contributed by atoms with E-state index in [1.807, 2.05) is 25.1 Å². The highest BCUT2D eigenvalue weighted by Crippen LogP contribution is 2.17. The lowest BCUT2D eigenvalue weighted by molar-refractivity contribution is 0.0691. The van der Waals surface area contributed by atoms with Gasteiger partial charge in [-0.05, 0) is 37.1 Å². The van der Waals surface area contributed by atoms with Crippen LogP contribution in [0.15, 0.2) is 23.6 Å². The molecular formula is C14H15NO3S. The van der Waals surface area contributed by atoms with E-state index < -0.39 is 5.97 Å². The number of rotatable bonds is 5. The zero-order chi connectivity index (χ0) is 13.8. The van der Waals surface area contributed by atoms with Gasteiger partial charge in [-0.3, -0.25) is 0 Å². The lowest BCUT2D eigenvalue weighted by atomic mass is 10.1. The van der Waals surface area contributed by atoms with Gasteiger partial charge in [0.05, 0.1) is 11.6 Å². The number of carboxylic acid groups (broad SMARTS) is 1. The number of carbonyl (C=O) groups is 1. The van der Waals surface area contributed by atoms with E-state index in [2.05, 4.69) is 11.9 Å². The van der Waals surface area contributed by atoms with Crippen molar-refractivity contribution in [3.63, 3.8) is 0 Å². The molecule has 0 amide bonds. The Hall–Kier alpha value is -1.88. The van der Waals surface area contributed by atoms with Gasteiger partial charge in [0.15, 0.2) is 5.69 Å². The molecular weight excluding hydrogens is 262 g/mol. The Kier molecular flexibility index (Phi) is 4.16. The van der Waals surface area contributed by atoms with Crippen LogP contribution < -0.4 is 4.74 Å². The number of aromatic carboxylic acids is 1. The fourth-order valence-electron chi connectivity index (χ4n) is 1.58. The Labute approximate surface area is 115 Å². The number of benzene rings is 1. The number of ether oxygens (including phenoxy) is 1. The maximum absolute atomic E-state index is 10.7. The van der Waals surface area contributed by atoms with E-state index in [0.717, 1.165) is 10.8 Å². The Bertz CT molecular complexity index is 592. The van der Waals surface area contributed by atoms with Crippen LogP contribution in [0.3, 0.4) is 0 Å². The molecule has 1 heterocycles. The second kappa shape index (κ2) is 5.84. The lowest BCUT2D eigenvalue weighted by Gasteiger charge is -2.07. The Morgan fingerprint density at radius 3 is 2.79 bits per heavy atom. The number of aromatic nitrogens is 1. The van der Waals surface area contributed by atoms with Crippen molar-refractivity contribution in [1.82, 2.24) is 4.98 Å². The highest BCUT2D eigenvalue weighted by molar-refractivity contribution is 7.09. The van der Waals surface area contributed by atoms with Crippen LogP contribution in [0.5, 0.6) is 5.75 Å². The molecule has 4 nitrogen and oxygen atoms in total. The molecule has 2 aromatic rings. The van der Waals surface area contributed by atoms with Gasteiger partial charge in [0.25, 0.3) is 0 Å². The third-order valence-corrected chi connectivity index (χ3v) is 3.74. The Morgan fingerprint density at radius 1 is 1.37 bits per heavy atom. The van der Waals surface area contributed by atoms with E-state index in [1.165, 1.54) is 22.5 Å². The van der Waals surface area contributed by atoms with Crippen LogP contribution in [-0.4, -0.2) is 22.7 Å². The summed E-state index contributed by atoms with van der Waals surface area (Å²) in [6.45, 7) is 4.60. The van der Waals surface area contributed by atoms with Crippen LogP contribution in [0.4, 0.5) is 0 Å². The summed E-state index contributed by atoms with van der Waals surface area (Å²) in [5.41, 5.74) is 2.53. The molecule has 0 saturated heterocycles. The van der Waals surface area contributed by atoms with E-state index in [4.69, 9.17) is 9.84 Å². The van der Waals surface area contributed by atoms with Crippen LogP contribution in [-0.2, 0) is 6.42 Å². The molecule has 5 heteroatoms. The number of thiazole rings is 1. The van der Waals surface area contributed by atoms with E-state index in [-0.39, 0.29) is 5.69 Å². The summed E-state index contributed by atoms with van der Waals surface area (Å²) in [6, 6.07) is 5.96. The average molecular weight is 277 g/mol. The van der Waals surface area contributed by atoms with Gasteiger partial charge < -0.3 is 9.84 Å². The van der Waals surface area contributed by atoms with Gasteiger partial charge in [-0.1, -0.05) is 6.07 Å². The van der Waals surface area contributed by atoms with Gasteiger partial charge in [0, 0.05) is 11.8 Å². The highest BCUT2D eigenvalue weighted by atomic mass is 32.1. The zero-order valence-corrected chi connectivity index (χ0v) is 11.7. The summed E-state index contributed by atoms with van der Waals surface area (Å²) in [6.07, 6.45) is 0.616. The normalized spacial score (nSPS) is 10.4. The van der Waals surface area contributed by atoms with E-state index >= 15 is 0 Å². The van der Waals surface area contributed by atoms with Crippen molar-refractivity contribution in [3.8, 4) is 5.75 Å². The fraction of sp³-hybridized carbons (Fsp3) is 0.286. The third kappa shape index (κ3) is 3.54. The van der Waals surface area contributed by atoms with Gasteiger partial charge in [-0.2, -0.15) is 0 Å². The number of aryl methyl sites for hydroxylation is 2. The smallest absolute Gasteiger partial charge is 0.355 e. The van der Waals surface area contributed by atoms with Gasteiger partial charge in [-0.25, -0.2) is 9.78 Å². The average Bonchev–Trinajstić information content (AvgIpc) is 2.83. The van der Waals surface area contributed by atoms with Crippen molar-refractivity contribution >= 4 is 17.3 Å². The summed E-state index contributed by atoms with van der Waals surface area (Å²) in [5, 5.41) is 11.1. The standard InChI is InChI=1S/C14H15NO3S/c1-9-3-4-11(7-10(9)2)18-6-5-13-15-12(8-19-13)14(16)17/h3-4,7-8H,5-6H2,1-2H3,(H,16,17). The molecule has 0 aliphatic carbocycles. The van der Waals surface area contributed by atoms with E-state index in [9.17, 15) is 4.79 Å². The second-order valence-corrected chi connectivity index (χ2v) is 5.22. The molecule has 0 atom stereocenters. The third-order valence-electron chi connectivity index (χ3n) is 2.83. The SMILES string of the molecule is Cc1ccc(OCCc2nc(C(=O)O)cs2)cc1C. The molecule has 19 heavy (non-hydrogen) atoms. The molecule has 0 bridgehead atoms. The fourth-order valence-corrected chi connectivity index (χ4v) is 2.34. The summed E-state index contributed by atoms with van der Waals surface area (Å²) in [7, 11) is 0. The summed E-state index contributed by atoms with van der Waals surface area (Å²) in [4.78, 5) is 14.7. The van der Waals surface area contributed by atoms with Crippen LogP contribution in [0.1, 0.15) is 26.6 Å². The maximum atomic E-state index is 10.7. The maximum Gasteiger partial charge on any atom is 0.355 e. The molecule has 0 radical (unpaired) electrons. The Morgan fingerprint density at radius 2 is 2.16 bits per heavy atom. The number of hydrogen-bond acceptors (Lipinski definition) is 4. The number of nitrogens with zero attached hydrogens (tertiary/aromatic N) is 1. The Balaban J connectivity index is 1.88. The molecule has 2 rings (SSSR count). The summed E-state index contributed by atoms with van der Waals surface area (Å²) < 4.78 is 5.63. The molecule has 1 aromatic heterocycles. The van der Waals surface area contributed by atoms with Crippen LogP contribution in [0.2, 0.25) is 0 Å². The van der Waals surface area contributed by atoms with E-state index in [1.54, 1.807) is 5.38 Å². The first kappa shape index (κ1) is 13.5. The molecule has 0 saturated carbocycles. The second-order valence-electron chi connectivity index (χ2n) is 4.28. The van der Waals surface area contributed by atoms with Gasteiger partial charge in [0.1, 0.15) is 5.75 Å². The molecule has 0 spiro atoms. The molecule has 0 aliphatic rings. The zero-order valence-electron chi connectivity index (χ0n) is 10.8. The van der Waals surface area contributed by atoms with Crippen molar-refractivity contribution in [2.45, 2.75) is 20.3 Å². The monoisotopic (exact) mass is 277 g/mol. The molecule has 0 fully saturated rings. The minimum atomic E-state index is -0.988. The van der Waals surface area contributed by atoms with E-state index in [0.29, 0.717) is 13.0 Å². The van der Waals surface area contributed by atoms with Crippen molar-refractivity contribution in [2.24, 2.45) is 0 Å². The molecule has 100 valence electrons. The first-order chi connectivity index (χ1) is 9.06. The molecule has 0 unspecified atom stereocenters. The van der Waals surface area contributed by atoms with Crippen molar-refractivity contribution in [3.05, 3.63) is 45.4 Å². The van der Waals surface area contributed by atoms with Crippen molar-refractivity contribution < 1.29 is 14.6 Å². The summed E-state index contributed by atoms with van der Waals surface area (Å²) in [5.74, 6) is -0.157. The van der Waals surface area contributed by atoms with Crippen LogP contribution >= 0.6 is 11.3 Å². The molecule has 1 N–H and O–H groups in total. The van der Waals surface area contributed by atoms with Gasteiger partial charge in [-0.15, -0.1) is 11.3 Å². The predicted molar refractivity (Wildman–Crippen MR) is 74.2 cm³/mol. The first-order valence-electron chi connectivity index (χ1n) is 5.94. The van der Waals surface area contributed by atoms with Gasteiger partial charge >= 0.3 is 5.97 Å². The topological polar surface area (TPSA) is 59.4 Å². The van der Waals surface area contributed by atoms with Gasteiger partial charge in [0.2, 0.25) is 0 Å². The number of hydrogen-bond donors (Lipinski definition) is 1. The van der Waals surface area contributed by atoms with Crippen LogP contribution in [0, 0.1) is 13.8 Å². The van der Waals surface area contributed by atoms with Crippen molar-refractivity contribution in [1.29, 1.82) is 0 Å². The molecule has 0 aliphatic heterocycles.